The number of aldehydes is 1. The Balaban J connectivity index is 1.47. The van der Waals surface area contributed by atoms with Crippen LogP contribution >= 0.6 is 0 Å². The number of carbonyl (C=O) groups is 1. The van der Waals surface area contributed by atoms with Gasteiger partial charge in [0.15, 0.2) is 11.5 Å². The van der Waals surface area contributed by atoms with E-state index in [1.54, 1.807) is 24.3 Å². The van der Waals surface area contributed by atoms with Crippen molar-refractivity contribution in [2.75, 3.05) is 44.3 Å². The Bertz CT molecular complexity index is 935. The molecule has 0 aliphatic carbocycles. The van der Waals surface area contributed by atoms with Crippen molar-refractivity contribution in [1.82, 2.24) is 4.31 Å². The van der Waals surface area contributed by atoms with Gasteiger partial charge in [-0.25, -0.2) is 8.42 Å². The lowest BCUT2D eigenvalue weighted by Crippen LogP contribution is -2.48. The molecule has 0 aromatic heterocycles. The van der Waals surface area contributed by atoms with Crippen molar-refractivity contribution < 1.29 is 22.7 Å². The zero-order valence-corrected chi connectivity index (χ0v) is 15.5. The predicted molar refractivity (Wildman–Crippen MR) is 100 cm³/mol. The van der Waals surface area contributed by atoms with Crippen LogP contribution < -0.4 is 14.4 Å². The van der Waals surface area contributed by atoms with E-state index < -0.39 is 10.0 Å². The second kappa shape index (κ2) is 7.21. The van der Waals surface area contributed by atoms with E-state index in [0.29, 0.717) is 56.5 Å². The molecule has 0 atom stereocenters. The van der Waals surface area contributed by atoms with E-state index in [0.717, 1.165) is 12.0 Å². The van der Waals surface area contributed by atoms with Crippen molar-refractivity contribution in [2.24, 2.45) is 0 Å². The van der Waals surface area contributed by atoms with Crippen molar-refractivity contribution >= 4 is 22.0 Å². The van der Waals surface area contributed by atoms with Crippen molar-refractivity contribution in [3.8, 4) is 11.5 Å². The monoisotopic (exact) mass is 388 g/mol. The maximum Gasteiger partial charge on any atom is 0.243 e. The molecule has 1 fully saturated rings. The summed E-state index contributed by atoms with van der Waals surface area (Å²) in [7, 11) is -3.59. The minimum absolute atomic E-state index is 0.218. The molecular weight excluding hydrogens is 368 g/mol. The first-order valence-corrected chi connectivity index (χ1v) is 10.2. The van der Waals surface area contributed by atoms with Gasteiger partial charge in [-0.05, 0) is 36.4 Å². The minimum Gasteiger partial charge on any atom is -0.486 e. The van der Waals surface area contributed by atoms with Crippen LogP contribution in [0.25, 0.3) is 0 Å². The first-order valence-electron chi connectivity index (χ1n) is 8.78. The molecule has 2 aliphatic rings. The number of piperazine rings is 1. The summed E-state index contributed by atoms with van der Waals surface area (Å²) in [5.41, 5.74) is 1.61. The molecule has 1 saturated heterocycles. The Morgan fingerprint density at radius 3 is 2.19 bits per heavy atom. The van der Waals surface area contributed by atoms with Crippen LogP contribution in [0.4, 0.5) is 5.69 Å². The van der Waals surface area contributed by atoms with Crippen LogP contribution in [0.3, 0.4) is 0 Å². The normalized spacial score (nSPS) is 17.6. The summed E-state index contributed by atoms with van der Waals surface area (Å²) in [6.07, 6.45) is 0.807. The molecule has 0 unspecified atom stereocenters. The highest BCUT2D eigenvalue weighted by molar-refractivity contribution is 7.89. The first-order chi connectivity index (χ1) is 13.1. The molecule has 7 nitrogen and oxygen atoms in total. The van der Waals surface area contributed by atoms with Crippen molar-refractivity contribution in [3.63, 3.8) is 0 Å². The number of hydrogen-bond acceptors (Lipinski definition) is 6. The number of nitrogens with zero attached hydrogens (tertiary/aromatic N) is 2. The molecule has 2 aliphatic heterocycles. The van der Waals surface area contributed by atoms with Gasteiger partial charge in [0.2, 0.25) is 10.0 Å². The van der Waals surface area contributed by atoms with Crippen LogP contribution in [-0.2, 0) is 10.0 Å². The molecule has 0 N–H and O–H groups in total. The third-order valence-corrected chi connectivity index (χ3v) is 6.68. The highest BCUT2D eigenvalue weighted by Gasteiger charge is 2.29. The number of rotatable bonds is 4. The zero-order valence-electron chi connectivity index (χ0n) is 14.7. The van der Waals surface area contributed by atoms with E-state index in [1.807, 2.05) is 12.1 Å². The van der Waals surface area contributed by atoms with E-state index in [-0.39, 0.29) is 4.90 Å². The van der Waals surface area contributed by atoms with Gasteiger partial charge in [-0.15, -0.1) is 0 Å². The quantitative estimate of drug-likeness (QED) is 0.744. The molecule has 2 aromatic rings. The predicted octanol–water partition coefficient (Wildman–Crippen LogP) is 1.78. The molecule has 0 amide bonds. The number of benzene rings is 2. The summed E-state index contributed by atoms with van der Waals surface area (Å²) in [4.78, 5) is 13.1. The average Bonchev–Trinajstić information content (AvgIpc) is 2.73. The van der Waals surface area contributed by atoms with Gasteiger partial charge in [0.1, 0.15) is 19.5 Å². The largest absolute Gasteiger partial charge is 0.486 e. The van der Waals surface area contributed by atoms with Gasteiger partial charge < -0.3 is 14.4 Å². The number of hydrogen-bond donors (Lipinski definition) is 0. The molecular formula is C19H20N2O5S. The second-order valence-electron chi connectivity index (χ2n) is 6.41. The molecule has 4 rings (SSSR count). The van der Waals surface area contributed by atoms with Gasteiger partial charge >= 0.3 is 0 Å². The Hall–Kier alpha value is -2.58. The summed E-state index contributed by atoms with van der Waals surface area (Å²) >= 11 is 0. The molecule has 2 heterocycles. The standard InChI is InChI=1S/C19H20N2O5S/c22-14-15-1-3-16(4-2-15)20-7-9-21(10-8-20)27(23,24)17-5-6-18-19(13-17)26-12-11-25-18/h1-6,13-14H,7-12H2. The Labute approximate surface area is 158 Å². The summed E-state index contributed by atoms with van der Waals surface area (Å²) in [5, 5.41) is 0. The van der Waals surface area contributed by atoms with Gasteiger partial charge in [-0.1, -0.05) is 0 Å². The van der Waals surface area contributed by atoms with Crippen molar-refractivity contribution in [2.45, 2.75) is 4.90 Å². The zero-order chi connectivity index (χ0) is 18.9. The van der Waals surface area contributed by atoms with Crippen molar-refractivity contribution in [1.29, 1.82) is 0 Å². The maximum absolute atomic E-state index is 13.0. The maximum atomic E-state index is 13.0. The average molecular weight is 388 g/mol. The van der Waals surface area contributed by atoms with Crippen LogP contribution in [0.15, 0.2) is 47.4 Å². The summed E-state index contributed by atoms with van der Waals surface area (Å²) in [6, 6.07) is 12.0. The molecule has 0 radical (unpaired) electrons. The van der Waals surface area contributed by atoms with Crippen molar-refractivity contribution in [3.05, 3.63) is 48.0 Å². The lowest BCUT2D eigenvalue weighted by atomic mass is 10.2. The fourth-order valence-electron chi connectivity index (χ4n) is 3.28. The second-order valence-corrected chi connectivity index (χ2v) is 8.34. The third kappa shape index (κ3) is 3.50. The molecule has 0 bridgehead atoms. The molecule has 0 saturated carbocycles. The smallest absolute Gasteiger partial charge is 0.243 e. The Kier molecular flexibility index (Phi) is 4.75. The lowest BCUT2D eigenvalue weighted by Gasteiger charge is -2.35. The van der Waals surface area contributed by atoms with Gasteiger partial charge in [-0.3, -0.25) is 4.79 Å². The highest BCUT2D eigenvalue weighted by atomic mass is 32.2. The number of anilines is 1. The van der Waals surface area contributed by atoms with Crippen LogP contribution in [0.5, 0.6) is 11.5 Å². The number of sulfonamides is 1. The fraction of sp³-hybridized carbons (Fsp3) is 0.316. The van der Waals surface area contributed by atoms with Crippen LogP contribution in [0, 0.1) is 0 Å². The number of fused-ring (bicyclic) bond motifs is 1. The van der Waals surface area contributed by atoms with Crippen LogP contribution in [-0.4, -0.2) is 58.4 Å². The first kappa shape index (κ1) is 17.8. The fourth-order valence-corrected chi connectivity index (χ4v) is 4.72. The molecule has 8 heteroatoms. The van der Waals surface area contributed by atoms with E-state index in [2.05, 4.69) is 4.90 Å². The van der Waals surface area contributed by atoms with Gasteiger partial charge in [0.05, 0.1) is 4.90 Å². The number of ether oxygens (including phenoxy) is 2. The summed E-state index contributed by atoms with van der Waals surface area (Å²) < 4.78 is 38.4. The van der Waals surface area contributed by atoms with E-state index >= 15 is 0 Å². The minimum atomic E-state index is -3.59. The summed E-state index contributed by atoms with van der Waals surface area (Å²) in [6.45, 7) is 2.85. The molecule has 27 heavy (non-hydrogen) atoms. The molecule has 142 valence electrons. The van der Waals surface area contributed by atoms with Gasteiger partial charge in [-0.2, -0.15) is 4.31 Å². The third-order valence-electron chi connectivity index (χ3n) is 4.78. The van der Waals surface area contributed by atoms with Gasteiger partial charge in [0.25, 0.3) is 0 Å². The molecule has 0 spiro atoms. The molecule has 2 aromatic carbocycles. The Morgan fingerprint density at radius 1 is 0.852 bits per heavy atom. The van der Waals surface area contributed by atoms with E-state index in [9.17, 15) is 13.2 Å². The summed E-state index contributed by atoms with van der Waals surface area (Å²) in [5.74, 6) is 1.04. The SMILES string of the molecule is O=Cc1ccc(N2CCN(S(=O)(=O)c3ccc4c(c3)OCCO4)CC2)cc1. The topological polar surface area (TPSA) is 76.2 Å². The highest BCUT2D eigenvalue weighted by Crippen LogP contribution is 2.33. The number of carbonyl (C=O) groups excluding carboxylic acids is 1. The van der Waals surface area contributed by atoms with E-state index in [4.69, 9.17) is 9.47 Å². The Morgan fingerprint density at radius 2 is 1.52 bits per heavy atom. The van der Waals surface area contributed by atoms with E-state index in [1.165, 1.54) is 10.4 Å². The van der Waals surface area contributed by atoms with Gasteiger partial charge in [0, 0.05) is 43.5 Å². The van der Waals surface area contributed by atoms with Crippen LogP contribution in [0.1, 0.15) is 10.4 Å². The lowest BCUT2D eigenvalue weighted by molar-refractivity contribution is 0.112. The van der Waals surface area contributed by atoms with Crippen LogP contribution in [0.2, 0.25) is 0 Å².